The fourth-order valence-corrected chi connectivity index (χ4v) is 3.37. The van der Waals surface area contributed by atoms with Crippen molar-refractivity contribution < 1.29 is 17.9 Å². The average Bonchev–Trinajstić information content (AvgIpc) is 2.56. The molecule has 0 unspecified atom stereocenters. The minimum atomic E-state index is -3.65. The lowest BCUT2D eigenvalue weighted by Gasteiger charge is -2.11. The summed E-state index contributed by atoms with van der Waals surface area (Å²) in [5, 5.41) is 6.13. The molecule has 1 aromatic heterocycles. The van der Waals surface area contributed by atoms with Crippen molar-refractivity contribution in [2.75, 3.05) is 7.11 Å². The molecule has 0 atom stereocenters. The lowest BCUT2D eigenvalue weighted by Crippen LogP contribution is -2.14. The zero-order valence-corrected chi connectivity index (χ0v) is 14.8. The minimum absolute atomic E-state index is 0.270. The molecular weight excluding hydrogens is 364 g/mol. The van der Waals surface area contributed by atoms with Gasteiger partial charge in [-0.25, -0.2) is 13.6 Å². The van der Waals surface area contributed by atoms with Gasteiger partial charge in [0.05, 0.1) is 18.4 Å². The number of nitrogens with zero attached hydrogens (tertiary/aromatic N) is 1. The number of hydrogen-bond donors (Lipinski definition) is 1. The number of rotatable bonds is 5. The molecule has 3 aromatic rings. The molecule has 0 saturated heterocycles. The van der Waals surface area contributed by atoms with Crippen LogP contribution < -0.4 is 14.6 Å². The summed E-state index contributed by atoms with van der Waals surface area (Å²) in [6.07, 6.45) is 1.63. The van der Waals surface area contributed by atoms with E-state index >= 15 is 0 Å². The van der Waals surface area contributed by atoms with E-state index in [2.05, 4.69) is 4.98 Å². The number of ether oxygens (including phenoxy) is 2. The average molecular weight is 379 g/mol. The Morgan fingerprint density at radius 3 is 2.56 bits per heavy atom. The Balaban J connectivity index is 1.92. The van der Waals surface area contributed by atoms with Gasteiger partial charge >= 0.3 is 0 Å². The van der Waals surface area contributed by atoms with Crippen molar-refractivity contribution in [3.8, 4) is 17.2 Å². The van der Waals surface area contributed by atoms with E-state index in [-0.39, 0.29) is 10.8 Å². The van der Waals surface area contributed by atoms with Crippen LogP contribution in [0.4, 0.5) is 0 Å². The topological polar surface area (TPSA) is 91.5 Å². The van der Waals surface area contributed by atoms with E-state index in [4.69, 9.17) is 26.2 Å². The first-order valence-corrected chi connectivity index (χ1v) is 9.34. The Hall–Kier alpha value is -2.35. The lowest BCUT2D eigenvalue weighted by molar-refractivity contribution is 0.415. The number of hydrogen-bond acceptors (Lipinski definition) is 5. The van der Waals surface area contributed by atoms with Crippen LogP contribution in [-0.2, 0) is 15.8 Å². The largest absolute Gasteiger partial charge is 0.497 e. The molecule has 0 bridgehead atoms. The molecule has 0 amide bonds. The molecule has 0 aliphatic carbocycles. The molecule has 1 heterocycles. The van der Waals surface area contributed by atoms with Crippen molar-refractivity contribution >= 4 is 32.5 Å². The number of benzene rings is 2. The molecule has 25 heavy (non-hydrogen) atoms. The zero-order chi connectivity index (χ0) is 18.0. The second-order valence-corrected chi connectivity index (χ2v) is 7.38. The van der Waals surface area contributed by atoms with Crippen LogP contribution in [0, 0.1) is 0 Å². The van der Waals surface area contributed by atoms with Crippen LogP contribution in [0.1, 0.15) is 5.56 Å². The van der Waals surface area contributed by atoms with Gasteiger partial charge in [0.15, 0.2) is 0 Å². The third-order valence-corrected chi connectivity index (χ3v) is 4.58. The van der Waals surface area contributed by atoms with Crippen molar-refractivity contribution in [3.63, 3.8) is 0 Å². The Bertz CT molecular complexity index is 1040. The highest BCUT2D eigenvalue weighted by Gasteiger charge is 2.11. The minimum Gasteiger partial charge on any atom is -0.497 e. The maximum atomic E-state index is 11.2. The van der Waals surface area contributed by atoms with Crippen LogP contribution in [-0.4, -0.2) is 20.5 Å². The number of halogens is 1. The molecule has 6 nitrogen and oxygen atoms in total. The van der Waals surface area contributed by atoms with E-state index in [0.717, 1.165) is 10.9 Å². The van der Waals surface area contributed by atoms with E-state index in [1.54, 1.807) is 37.6 Å². The van der Waals surface area contributed by atoms with Gasteiger partial charge in [-0.1, -0.05) is 17.7 Å². The quantitative estimate of drug-likeness (QED) is 0.733. The van der Waals surface area contributed by atoms with Crippen LogP contribution in [0.5, 0.6) is 17.2 Å². The fourth-order valence-electron chi connectivity index (χ4n) is 2.37. The van der Waals surface area contributed by atoms with Crippen LogP contribution in [0.25, 0.3) is 10.9 Å². The molecule has 0 spiro atoms. The van der Waals surface area contributed by atoms with Gasteiger partial charge in [0.1, 0.15) is 17.2 Å². The maximum absolute atomic E-state index is 11.2. The normalized spacial score (nSPS) is 11.5. The Morgan fingerprint density at radius 1 is 1.12 bits per heavy atom. The Kier molecular flexibility index (Phi) is 4.80. The van der Waals surface area contributed by atoms with Gasteiger partial charge in [-0.3, -0.25) is 4.98 Å². The molecule has 3 rings (SSSR count). The second kappa shape index (κ2) is 6.87. The first kappa shape index (κ1) is 17.5. The standard InChI is InChI=1S/C17H15ClN2O4S/c1-23-12-4-5-14-16(9-12)20-7-6-17(14)24-13-3-2-11(15(18)8-13)10-25(19,21)22/h2-9H,10H2,1H3,(H2,19,21,22). The number of fused-ring (bicyclic) bond motifs is 1. The zero-order valence-electron chi connectivity index (χ0n) is 13.3. The second-order valence-electron chi connectivity index (χ2n) is 5.35. The molecular formula is C17H15ClN2O4S. The molecule has 2 N–H and O–H groups in total. The van der Waals surface area contributed by atoms with E-state index in [1.165, 1.54) is 0 Å². The van der Waals surface area contributed by atoms with Crippen LogP contribution >= 0.6 is 11.6 Å². The number of nitrogens with two attached hydrogens (primary N) is 1. The molecule has 2 aromatic carbocycles. The SMILES string of the molecule is COc1ccc2c(Oc3ccc(CS(N)(=O)=O)c(Cl)c3)ccnc2c1. The number of aromatic nitrogens is 1. The molecule has 130 valence electrons. The summed E-state index contributed by atoms with van der Waals surface area (Å²) in [6.45, 7) is 0. The van der Waals surface area contributed by atoms with Gasteiger partial charge < -0.3 is 9.47 Å². The molecule has 0 saturated carbocycles. The predicted octanol–water partition coefficient (Wildman–Crippen LogP) is 3.48. The van der Waals surface area contributed by atoms with Gasteiger partial charge in [0.2, 0.25) is 10.0 Å². The van der Waals surface area contributed by atoms with E-state index < -0.39 is 10.0 Å². The summed E-state index contributed by atoms with van der Waals surface area (Å²) in [7, 11) is -2.06. The monoisotopic (exact) mass is 378 g/mol. The first-order chi connectivity index (χ1) is 11.9. The Labute approximate surface area is 150 Å². The highest BCUT2D eigenvalue weighted by atomic mass is 35.5. The van der Waals surface area contributed by atoms with Crippen LogP contribution in [0.3, 0.4) is 0 Å². The van der Waals surface area contributed by atoms with Crippen LogP contribution in [0.15, 0.2) is 48.7 Å². The van der Waals surface area contributed by atoms with E-state index in [0.29, 0.717) is 22.8 Å². The van der Waals surface area contributed by atoms with Crippen molar-refractivity contribution in [2.45, 2.75) is 5.75 Å². The third-order valence-electron chi connectivity index (χ3n) is 3.52. The van der Waals surface area contributed by atoms with Gasteiger partial charge in [0.25, 0.3) is 0 Å². The lowest BCUT2D eigenvalue weighted by atomic mass is 10.2. The number of sulfonamides is 1. The summed E-state index contributed by atoms with van der Waals surface area (Å²) in [6, 6.07) is 12.0. The third kappa shape index (κ3) is 4.19. The van der Waals surface area contributed by atoms with Crippen molar-refractivity contribution in [3.05, 3.63) is 59.2 Å². The highest BCUT2D eigenvalue weighted by Crippen LogP contribution is 2.32. The van der Waals surface area contributed by atoms with Gasteiger partial charge in [-0.05, 0) is 35.9 Å². The summed E-state index contributed by atoms with van der Waals surface area (Å²) in [5.74, 6) is 1.45. The van der Waals surface area contributed by atoms with Gasteiger partial charge in [-0.15, -0.1) is 0 Å². The number of methoxy groups -OCH3 is 1. The smallest absolute Gasteiger partial charge is 0.213 e. The van der Waals surface area contributed by atoms with Crippen LogP contribution in [0.2, 0.25) is 5.02 Å². The van der Waals surface area contributed by atoms with Gasteiger partial charge in [-0.2, -0.15) is 0 Å². The van der Waals surface area contributed by atoms with E-state index in [1.807, 2.05) is 18.2 Å². The fraction of sp³-hybridized carbons (Fsp3) is 0.118. The summed E-state index contributed by atoms with van der Waals surface area (Å²) in [4.78, 5) is 4.30. The number of pyridine rings is 1. The summed E-state index contributed by atoms with van der Waals surface area (Å²) in [5.41, 5.74) is 1.15. The Morgan fingerprint density at radius 2 is 1.88 bits per heavy atom. The van der Waals surface area contributed by atoms with Crippen molar-refractivity contribution in [2.24, 2.45) is 5.14 Å². The first-order valence-electron chi connectivity index (χ1n) is 7.25. The van der Waals surface area contributed by atoms with Crippen molar-refractivity contribution in [1.82, 2.24) is 4.98 Å². The predicted molar refractivity (Wildman–Crippen MR) is 96.6 cm³/mol. The summed E-state index contributed by atoms with van der Waals surface area (Å²) < 4.78 is 33.5. The molecule has 8 heteroatoms. The highest BCUT2D eigenvalue weighted by molar-refractivity contribution is 7.88. The molecule has 0 aliphatic rings. The number of primary sulfonamides is 1. The molecule has 0 fully saturated rings. The maximum Gasteiger partial charge on any atom is 0.213 e. The summed E-state index contributed by atoms with van der Waals surface area (Å²) >= 11 is 6.13. The van der Waals surface area contributed by atoms with Crippen molar-refractivity contribution in [1.29, 1.82) is 0 Å². The molecule has 0 aliphatic heterocycles. The molecule has 0 radical (unpaired) electrons. The van der Waals surface area contributed by atoms with Gasteiger partial charge in [0, 0.05) is 22.7 Å². The van der Waals surface area contributed by atoms with E-state index in [9.17, 15) is 8.42 Å².